The lowest BCUT2D eigenvalue weighted by atomic mass is 10.0. The average Bonchev–Trinajstić information content (AvgIpc) is 3.09. The molecule has 1 atom stereocenters. The second-order valence-corrected chi connectivity index (χ2v) is 6.60. The highest BCUT2D eigenvalue weighted by Crippen LogP contribution is 2.19. The van der Waals surface area contributed by atoms with E-state index in [4.69, 9.17) is 0 Å². The lowest BCUT2D eigenvalue weighted by Gasteiger charge is -2.13. The molecule has 0 aliphatic carbocycles. The van der Waals surface area contributed by atoms with Gasteiger partial charge in [0, 0.05) is 6.20 Å². The van der Waals surface area contributed by atoms with Crippen molar-refractivity contribution in [2.24, 2.45) is 0 Å². The summed E-state index contributed by atoms with van der Waals surface area (Å²) in [6.45, 7) is 2.09. The molecule has 2 rings (SSSR count). The van der Waals surface area contributed by atoms with Crippen molar-refractivity contribution in [3.05, 3.63) is 47.9 Å². The number of aliphatic carboxylic acids is 1. The number of hydrogen-bond acceptors (Lipinski definition) is 4. The van der Waals surface area contributed by atoms with E-state index in [0.717, 1.165) is 25.7 Å². The fourth-order valence-corrected chi connectivity index (χ4v) is 2.98. The molecule has 0 bridgehead atoms. The third-order valence-electron chi connectivity index (χ3n) is 4.44. The van der Waals surface area contributed by atoms with E-state index in [9.17, 15) is 24.6 Å². The fourth-order valence-electron chi connectivity index (χ4n) is 2.98. The molecule has 8 nitrogen and oxygen atoms in total. The predicted molar refractivity (Wildman–Crippen MR) is 103 cm³/mol. The van der Waals surface area contributed by atoms with E-state index < -0.39 is 23.9 Å². The number of hydrogen-bond donors (Lipinski definition) is 3. The molecular weight excluding hydrogens is 362 g/mol. The van der Waals surface area contributed by atoms with E-state index in [1.54, 1.807) is 18.2 Å². The number of aromatic nitrogens is 2. The van der Waals surface area contributed by atoms with Crippen LogP contribution in [0.2, 0.25) is 0 Å². The molecular formula is C20H25N3O5. The molecule has 1 aromatic carbocycles. The molecule has 1 amide bonds. The summed E-state index contributed by atoms with van der Waals surface area (Å²) in [5.74, 6) is -2.23. The van der Waals surface area contributed by atoms with Crippen LogP contribution in [-0.4, -0.2) is 37.6 Å². The second kappa shape index (κ2) is 10.2. The number of carbonyl (C=O) groups is 3. The third-order valence-corrected chi connectivity index (χ3v) is 4.44. The van der Waals surface area contributed by atoms with Crippen LogP contribution in [0.4, 0.5) is 5.82 Å². The summed E-state index contributed by atoms with van der Waals surface area (Å²) < 4.78 is 1.48. The number of rotatable bonds is 11. The molecule has 1 aromatic heterocycles. The van der Waals surface area contributed by atoms with E-state index in [-0.39, 0.29) is 17.8 Å². The van der Waals surface area contributed by atoms with Gasteiger partial charge in [-0.3, -0.25) is 4.79 Å². The Morgan fingerprint density at radius 3 is 2.57 bits per heavy atom. The van der Waals surface area contributed by atoms with Crippen LogP contribution < -0.4 is 5.32 Å². The van der Waals surface area contributed by atoms with Crippen LogP contribution in [0.15, 0.2) is 36.8 Å². The van der Waals surface area contributed by atoms with Crippen LogP contribution in [0, 0.1) is 0 Å². The zero-order valence-corrected chi connectivity index (χ0v) is 15.8. The van der Waals surface area contributed by atoms with Gasteiger partial charge in [-0.15, -0.1) is 0 Å². The molecule has 0 spiro atoms. The predicted octanol–water partition coefficient (Wildman–Crippen LogP) is 3.36. The first-order valence-corrected chi connectivity index (χ1v) is 9.29. The van der Waals surface area contributed by atoms with Gasteiger partial charge in [0.05, 0.1) is 18.3 Å². The van der Waals surface area contributed by atoms with Gasteiger partial charge in [-0.25, -0.2) is 14.6 Å². The van der Waals surface area contributed by atoms with Crippen molar-refractivity contribution in [1.82, 2.24) is 9.55 Å². The van der Waals surface area contributed by atoms with Crippen molar-refractivity contribution >= 4 is 23.7 Å². The van der Waals surface area contributed by atoms with Crippen LogP contribution >= 0.6 is 0 Å². The van der Waals surface area contributed by atoms with Gasteiger partial charge in [-0.1, -0.05) is 50.8 Å². The Balaban J connectivity index is 2.00. The molecule has 8 heteroatoms. The summed E-state index contributed by atoms with van der Waals surface area (Å²) in [5.41, 5.74) is 0.465. The number of imidazole rings is 1. The Morgan fingerprint density at radius 1 is 1.14 bits per heavy atom. The highest BCUT2D eigenvalue weighted by molar-refractivity contribution is 5.95. The number of unbranched alkanes of at least 4 members (excludes halogenated alkanes) is 3. The van der Waals surface area contributed by atoms with E-state index >= 15 is 0 Å². The Morgan fingerprint density at radius 2 is 1.89 bits per heavy atom. The Hall–Kier alpha value is -3.16. The Bertz CT molecular complexity index is 831. The van der Waals surface area contributed by atoms with Gasteiger partial charge in [-0.05, 0) is 18.1 Å². The standard InChI is InChI=1S/C20H25N3O5/c1-2-3-4-5-10-16(20(27)28)23-12-17(21-13-23)22-18(24)11-14-8-6-7-9-15(14)19(25)26/h6-9,12-13,16H,2-5,10-11H2,1H3,(H,22,24)(H,25,26)(H,27,28). The zero-order valence-electron chi connectivity index (χ0n) is 15.8. The smallest absolute Gasteiger partial charge is 0.335 e. The lowest BCUT2D eigenvalue weighted by molar-refractivity contribution is -0.141. The van der Waals surface area contributed by atoms with Crippen molar-refractivity contribution in [3.63, 3.8) is 0 Å². The first kappa shape index (κ1) is 21.1. The number of carbonyl (C=O) groups excluding carboxylic acids is 1. The van der Waals surface area contributed by atoms with E-state index in [1.807, 2.05) is 0 Å². The number of aromatic carboxylic acids is 1. The Kier molecular flexibility index (Phi) is 7.74. The minimum atomic E-state index is -1.10. The van der Waals surface area contributed by atoms with Crippen LogP contribution in [-0.2, 0) is 16.0 Å². The first-order valence-electron chi connectivity index (χ1n) is 9.29. The van der Waals surface area contributed by atoms with E-state index in [1.165, 1.54) is 23.2 Å². The van der Waals surface area contributed by atoms with Gasteiger partial charge in [0.25, 0.3) is 0 Å². The molecule has 28 heavy (non-hydrogen) atoms. The molecule has 1 unspecified atom stereocenters. The number of anilines is 1. The summed E-state index contributed by atoms with van der Waals surface area (Å²) >= 11 is 0. The van der Waals surface area contributed by atoms with Crippen molar-refractivity contribution in [2.75, 3.05) is 5.32 Å². The monoisotopic (exact) mass is 387 g/mol. The quantitative estimate of drug-likeness (QED) is 0.508. The van der Waals surface area contributed by atoms with E-state index in [0.29, 0.717) is 12.0 Å². The third kappa shape index (κ3) is 5.94. The first-order chi connectivity index (χ1) is 13.4. The highest BCUT2D eigenvalue weighted by Gasteiger charge is 2.20. The van der Waals surface area contributed by atoms with Crippen molar-refractivity contribution in [2.45, 2.75) is 51.5 Å². The number of carboxylic acids is 2. The minimum Gasteiger partial charge on any atom is -0.480 e. The van der Waals surface area contributed by atoms with Crippen LogP contribution in [0.5, 0.6) is 0 Å². The van der Waals surface area contributed by atoms with Crippen molar-refractivity contribution in [1.29, 1.82) is 0 Å². The highest BCUT2D eigenvalue weighted by atomic mass is 16.4. The van der Waals surface area contributed by atoms with Crippen LogP contribution in [0.1, 0.15) is 61.0 Å². The number of nitrogens with one attached hydrogen (secondary N) is 1. The Labute approximate surface area is 163 Å². The number of benzene rings is 1. The van der Waals surface area contributed by atoms with Crippen molar-refractivity contribution in [3.8, 4) is 0 Å². The fraction of sp³-hybridized carbons (Fsp3) is 0.400. The maximum absolute atomic E-state index is 12.2. The minimum absolute atomic E-state index is 0.0706. The SMILES string of the molecule is CCCCCCC(C(=O)O)n1cnc(NC(=O)Cc2ccccc2C(=O)O)c1. The average molecular weight is 387 g/mol. The molecule has 150 valence electrons. The molecule has 3 N–H and O–H groups in total. The maximum Gasteiger partial charge on any atom is 0.335 e. The van der Waals surface area contributed by atoms with Gasteiger partial charge in [0.15, 0.2) is 5.82 Å². The summed E-state index contributed by atoms with van der Waals surface area (Å²) in [4.78, 5) is 39.1. The lowest BCUT2D eigenvalue weighted by Crippen LogP contribution is -2.18. The van der Waals surface area contributed by atoms with Crippen LogP contribution in [0.25, 0.3) is 0 Å². The second-order valence-electron chi connectivity index (χ2n) is 6.60. The number of amides is 1. The summed E-state index contributed by atoms with van der Waals surface area (Å²) in [6, 6.07) is 5.55. The zero-order chi connectivity index (χ0) is 20.5. The van der Waals surface area contributed by atoms with Gasteiger partial charge in [0.1, 0.15) is 6.04 Å². The number of nitrogens with zero attached hydrogens (tertiary/aromatic N) is 2. The number of carboxylic acid groups (broad SMARTS) is 2. The van der Waals surface area contributed by atoms with Crippen molar-refractivity contribution < 1.29 is 24.6 Å². The summed E-state index contributed by atoms with van der Waals surface area (Å²) in [6.07, 6.45) is 7.16. The van der Waals surface area contributed by atoms with Gasteiger partial charge < -0.3 is 20.1 Å². The molecule has 0 saturated carbocycles. The largest absolute Gasteiger partial charge is 0.480 e. The molecule has 0 fully saturated rings. The van der Waals surface area contributed by atoms with Crippen LogP contribution in [0.3, 0.4) is 0 Å². The summed E-state index contributed by atoms with van der Waals surface area (Å²) in [7, 11) is 0. The molecule has 2 aromatic rings. The summed E-state index contributed by atoms with van der Waals surface area (Å²) in [5, 5.41) is 21.2. The van der Waals surface area contributed by atoms with Gasteiger partial charge >= 0.3 is 11.9 Å². The molecule has 0 saturated heterocycles. The molecule has 0 aliphatic heterocycles. The topological polar surface area (TPSA) is 122 Å². The van der Waals surface area contributed by atoms with E-state index in [2.05, 4.69) is 17.2 Å². The van der Waals surface area contributed by atoms with Gasteiger partial charge in [0.2, 0.25) is 5.91 Å². The molecule has 1 heterocycles. The van der Waals surface area contributed by atoms with Gasteiger partial charge in [-0.2, -0.15) is 0 Å². The molecule has 0 aliphatic rings. The maximum atomic E-state index is 12.2. The molecule has 0 radical (unpaired) electrons. The normalized spacial score (nSPS) is 11.8.